The number of β-amino-alcohol motifs (C(OH)–C–C–N with tert-alkyl or cyclic N) is 1. The van der Waals surface area contributed by atoms with Gasteiger partial charge in [-0.25, -0.2) is 9.97 Å². The topological polar surface area (TPSA) is 49.2 Å². The summed E-state index contributed by atoms with van der Waals surface area (Å²) in [5.74, 6) is 0.987. The number of piperidine rings is 1. The third-order valence-corrected chi connectivity index (χ3v) is 4.76. The van der Waals surface area contributed by atoms with Gasteiger partial charge < -0.3 is 10.0 Å². The Hall–Kier alpha value is -1.20. The highest BCUT2D eigenvalue weighted by Crippen LogP contribution is 2.34. The van der Waals surface area contributed by atoms with E-state index >= 15 is 0 Å². The van der Waals surface area contributed by atoms with Gasteiger partial charge in [-0.2, -0.15) is 0 Å². The maximum Gasteiger partial charge on any atom is 0.141 e. The van der Waals surface area contributed by atoms with E-state index in [2.05, 4.69) is 28.7 Å². The van der Waals surface area contributed by atoms with E-state index in [-0.39, 0.29) is 6.10 Å². The van der Waals surface area contributed by atoms with Crippen LogP contribution in [-0.4, -0.2) is 34.3 Å². The molecule has 3 heterocycles. The highest BCUT2D eigenvalue weighted by atomic mass is 32.1. The summed E-state index contributed by atoms with van der Waals surface area (Å²) in [5.41, 5.74) is 1.27. The quantitative estimate of drug-likeness (QED) is 0.857. The summed E-state index contributed by atoms with van der Waals surface area (Å²) in [6.45, 7) is 5.90. The van der Waals surface area contributed by atoms with Crippen LogP contribution in [0.2, 0.25) is 0 Å². The van der Waals surface area contributed by atoms with Crippen molar-refractivity contribution in [3.8, 4) is 0 Å². The molecular formula is C13H17N3OS. The van der Waals surface area contributed by atoms with Crippen molar-refractivity contribution in [2.75, 3.05) is 18.0 Å². The predicted octanol–water partition coefficient (Wildman–Crippen LogP) is 2.27. The molecule has 5 heteroatoms. The second-order valence-electron chi connectivity index (χ2n) is 4.90. The Morgan fingerprint density at radius 2 is 2.22 bits per heavy atom. The number of aryl methyl sites for hydroxylation is 2. The summed E-state index contributed by atoms with van der Waals surface area (Å²) in [5, 5.41) is 11.0. The van der Waals surface area contributed by atoms with E-state index < -0.39 is 0 Å². The fraction of sp³-hybridized carbons (Fsp3) is 0.538. The molecule has 1 saturated heterocycles. The first kappa shape index (κ1) is 11.9. The van der Waals surface area contributed by atoms with Crippen molar-refractivity contribution in [3.63, 3.8) is 0 Å². The molecule has 1 fully saturated rings. The number of aliphatic hydroxyl groups excluding tert-OH is 1. The fourth-order valence-electron chi connectivity index (χ4n) is 2.55. The molecule has 0 spiro atoms. The van der Waals surface area contributed by atoms with Gasteiger partial charge in [0.15, 0.2) is 0 Å². The number of aliphatic hydroxyl groups is 1. The first-order valence-corrected chi connectivity index (χ1v) is 7.12. The summed E-state index contributed by atoms with van der Waals surface area (Å²) in [7, 11) is 0. The van der Waals surface area contributed by atoms with Crippen LogP contribution >= 0.6 is 11.3 Å². The maximum absolute atomic E-state index is 9.81. The summed E-state index contributed by atoms with van der Waals surface area (Å²) in [6.07, 6.45) is 3.32. The van der Waals surface area contributed by atoms with E-state index in [1.807, 2.05) is 0 Å². The van der Waals surface area contributed by atoms with Crippen LogP contribution < -0.4 is 4.90 Å². The van der Waals surface area contributed by atoms with E-state index in [4.69, 9.17) is 0 Å². The molecule has 3 rings (SSSR count). The van der Waals surface area contributed by atoms with Gasteiger partial charge in [-0.15, -0.1) is 11.3 Å². The summed E-state index contributed by atoms with van der Waals surface area (Å²) >= 11 is 1.72. The maximum atomic E-state index is 9.81. The van der Waals surface area contributed by atoms with Crippen LogP contribution in [0.1, 0.15) is 23.3 Å². The third-order valence-electron chi connectivity index (χ3n) is 3.64. The highest BCUT2D eigenvalue weighted by molar-refractivity contribution is 7.18. The van der Waals surface area contributed by atoms with Gasteiger partial charge in [0, 0.05) is 18.0 Å². The smallest absolute Gasteiger partial charge is 0.141 e. The Bertz CT molecular complexity index is 581. The molecule has 0 saturated carbocycles. The normalized spacial score (nSPS) is 20.6. The van der Waals surface area contributed by atoms with E-state index in [9.17, 15) is 5.11 Å². The minimum Gasteiger partial charge on any atom is -0.391 e. The van der Waals surface area contributed by atoms with Gasteiger partial charge in [0.25, 0.3) is 0 Å². The first-order valence-electron chi connectivity index (χ1n) is 6.30. The number of thiophene rings is 1. The van der Waals surface area contributed by atoms with Crippen LogP contribution in [0.5, 0.6) is 0 Å². The first-order chi connectivity index (χ1) is 8.66. The van der Waals surface area contributed by atoms with Crippen molar-refractivity contribution in [1.29, 1.82) is 0 Å². The molecule has 2 aromatic heterocycles. The summed E-state index contributed by atoms with van der Waals surface area (Å²) in [4.78, 5) is 13.3. The Kier molecular flexibility index (Phi) is 2.95. The van der Waals surface area contributed by atoms with Crippen molar-refractivity contribution in [2.24, 2.45) is 0 Å². The largest absolute Gasteiger partial charge is 0.391 e. The van der Waals surface area contributed by atoms with Crippen molar-refractivity contribution in [3.05, 3.63) is 16.8 Å². The minimum absolute atomic E-state index is 0.233. The molecule has 1 aliphatic rings. The summed E-state index contributed by atoms with van der Waals surface area (Å²) < 4.78 is 0. The molecule has 2 aromatic rings. The van der Waals surface area contributed by atoms with Gasteiger partial charge in [-0.05, 0) is 32.3 Å². The SMILES string of the molecule is Cc1sc2ncnc(N3CCC[C@H](O)C3)c2c1C. The zero-order valence-electron chi connectivity index (χ0n) is 10.7. The molecule has 1 N–H and O–H groups in total. The number of fused-ring (bicyclic) bond motifs is 1. The van der Waals surface area contributed by atoms with E-state index in [0.29, 0.717) is 6.54 Å². The Morgan fingerprint density at radius 3 is 3.00 bits per heavy atom. The van der Waals surface area contributed by atoms with Crippen molar-refractivity contribution >= 4 is 27.4 Å². The second kappa shape index (κ2) is 4.48. The van der Waals surface area contributed by atoms with Gasteiger partial charge in [-0.1, -0.05) is 0 Å². The van der Waals surface area contributed by atoms with E-state index in [1.54, 1.807) is 17.7 Å². The molecule has 4 nitrogen and oxygen atoms in total. The van der Waals surface area contributed by atoms with Gasteiger partial charge in [-0.3, -0.25) is 0 Å². The molecule has 0 radical (unpaired) electrons. The number of anilines is 1. The zero-order chi connectivity index (χ0) is 12.7. The molecule has 0 bridgehead atoms. The highest BCUT2D eigenvalue weighted by Gasteiger charge is 2.22. The summed E-state index contributed by atoms with van der Waals surface area (Å²) in [6, 6.07) is 0. The van der Waals surface area contributed by atoms with E-state index in [0.717, 1.165) is 35.4 Å². The monoisotopic (exact) mass is 263 g/mol. The number of hydrogen-bond donors (Lipinski definition) is 1. The lowest BCUT2D eigenvalue weighted by Gasteiger charge is -2.31. The van der Waals surface area contributed by atoms with Crippen LogP contribution in [-0.2, 0) is 0 Å². The van der Waals surface area contributed by atoms with Crippen LogP contribution in [0.3, 0.4) is 0 Å². The molecular weight excluding hydrogens is 246 g/mol. The second-order valence-corrected chi connectivity index (χ2v) is 6.11. The standard InChI is InChI=1S/C13H17N3OS/c1-8-9(2)18-13-11(8)12(14-7-15-13)16-5-3-4-10(17)6-16/h7,10,17H,3-6H2,1-2H3/t10-/m0/s1. The lowest BCUT2D eigenvalue weighted by Crippen LogP contribution is -2.38. The Morgan fingerprint density at radius 1 is 1.39 bits per heavy atom. The predicted molar refractivity (Wildman–Crippen MR) is 74.3 cm³/mol. The van der Waals surface area contributed by atoms with Crippen molar-refractivity contribution < 1.29 is 5.11 Å². The number of hydrogen-bond acceptors (Lipinski definition) is 5. The lowest BCUT2D eigenvalue weighted by molar-refractivity contribution is 0.154. The molecule has 18 heavy (non-hydrogen) atoms. The average molecular weight is 263 g/mol. The number of nitrogens with zero attached hydrogens (tertiary/aromatic N) is 3. The lowest BCUT2D eigenvalue weighted by atomic mass is 10.1. The van der Waals surface area contributed by atoms with Gasteiger partial charge in [0.1, 0.15) is 17.0 Å². The van der Waals surface area contributed by atoms with Crippen molar-refractivity contribution in [1.82, 2.24) is 9.97 Å². The fourth-order valence-corrected chi connectivity index (χ4v) is 3.54. The van der Waals surface area contributed by atoms with Gasteiger partial charge in [0.2, 0.25) is 0 Å². The molecule has 1 atom stereocenters. The van der Waals surface area contributed by atoms with Crippen LogP contribution in [0, 0.1) is 13.8 Å². The number of rotatable bonds is 1. The average Bonchev–Trinajstić information content (AvgIpc) is 2.65. The molecule has 1 aliphatic heterocycles. The minimum atomic E-state index is -0.233. The molecule has 0 unspecified atom stereocenters. The molecule has 0 aliphatic carbocycles. The zero-order valence-corrected chi connectivity index (χ0v) is 11.5. The van der Waals surface area contributed by atoms with Crippen molar-refractivity contribution in [2.45, 2.75) is 32.8 Å². The van der Waals surface area contributed by atoms with Gasteiger partial charge in [0.05, 0.1) is 11.5 Å². The Labute approximate surface area is 110 Å². The van der Waals surface area contributed by atoms with Gasteiger partial charge >= 0.3 is 0 Å². The molecule has 0 aromatic carbocycles. The van der Waals surface area contributed by atoms with Crippen LogP contribution in [0.25, 0.3) is 10.2 Å². The number of aromatic nitrogens is 2. The van der Waals surface area contributed by atoms with Crippen LogP contribution in [0.15, 0.2) is 6.33 Å². The Balaban J connectivity index is 2.10. The van der Waals surface area contributed by atoms with Crippen LogP contribution in [0.4, 0.5) is 5.82 Å². The third kappa shape index (κ3) is 1.87. The van der Waals surface area contributed by atoms with E-state index in [1.165, 1.54) is 10.4 Å². The molecule has 96 valence electrons. The molecule has 0 amide bonds.